The van der Waals surface area contributed by atoms with E-state index in [0.717, 1.165) is 13.0 Å². The van der Waals surface area contributed by atoms with Crippen molar-refractivity contribution in [2.24, 2.45) is 0 Å². The lowest BCUT2D eigenvalue weighted by atomic mass is 10.0. The van der Waals surface area contributed by atoms with E-state index in [2.05, 4.69) is 68.6 Å². The number of nitrogens with one attached hydrogen (secondary N) is 1. The van der Waals surface area contributed by atoms with Crippen LogP contribution in [-0.2, 0) is 6.42 Å². The Labute approximate surface area is 104 Å². The third-order valence-electron chi connectivity index (χ3n) is 2.93. The Balaban J connectivity index is 2.13. The van der Waals surface area contributed by atoms with E-state index in [1.54, 1.807) is 0 Å². The molecule has 0 aromatic heterocycles. The van der Waals surface area contributed by atoms with Gasteiger partial charge in [0.25, 0.3) is 0 Å². The number of fused-ring (bicyclic) bond motifs is 1. The Kier molecular flexibility index (Phi) is 3.49. The maximum atomic E-state index is 3.54. The first-order valence-corrected chi connectivity index (χ1v) is 6.28. The van der Waals surface area contributed by atoms with E-state index in [1.165, 1.54) is 16.3 Å². The van der Waals surface area contributed by atoms with Gasteiger partial charge in [-0.3, -0.25) is 0 Å². The van der Waals surface area contributed by atoms with Crippen LogP contribution in [0.15, 0.2) is 42.5 Å². The Hall–Kier alpha value is -1.34. The average Bonchev–Trinajstić information content (AvgIpc) is 2.28. The first-order valence-electron chi connectivity index (χ1n) is 6.28. The third-order valence-corrected chi connectivity index (χ3v) is 2.93. The molecule has 0 radical (unpaired) electrons. The predicted molar refractivity (Wildman–Crippen MR) is 75.4 cm³/mol. The molecule has 1 N–H and O–H groups in total. The van der Waals surface area contributed by atoms with Gasteiger partial charge in [0.1, 0.15) is 0 Å². The molecule has 0 unspecified atom stereocenters. The molecule has 0 saturated carbocycles. The topological polar surface area (TPSA) is 12.0 Å². The Bertz CT molecular complexity index is 489. The van der Waals surface area contributed by atoms with Crippen molar-refractivity contribution in [2.75, 3.05) is 6.54 Å². The Morgan fingerprint density at radius 2 is 1.65 bits per heavy atom. The van der Waals surface area contributed by atoms with Crippen molar-refractivity contribution in [3.8, 4) is 0 Å². The molecule has 0 heterocycles. The molecule has 0 spiro atoms. The van der Waals surface area contributed by atoms with Gasteiger partial charge in [0, 0.05) is 5.54 Å². The van der Waals surface area contributed by atoms with Gasteiger partial charge in [-0.2, -0.15) is 0 Å². The Morgan fingerprint density at radius 1 is 0.941 bits per heavy atom. The highest BCUT2D eigenvalue weighted by Crippen LogP contribution is 2.18. The molecular weight excluding hydrogens is 206 g/mol. The molecule has 0 amide bonds. The summed E-state index contributed by atoms with van der Waals surface area (Å²) in [6.45, 7) is 7.64. The maximum Gasteiger partial charge on any atom is 0.00966 e. The summed E-state index contributed by atoms with van der Waals surface area (Å²) in [6, 6.07) is 15.2. The molecule has 0 saturated heterocycles. The molecule has 17 heavy (non-hydrogen) atoms. The van der Waals surface area contributed by atoms with Crippen LogP contribution in [0.5, 0.6) is 0 Å². The molecule has 0 aliphatic carbocycles. The van der Waals surface area contributed by atoms with Crippen LogP contribution >= 0.6 is 0 Å². The summed E-state index contributed by atoms with van der Waals surface area (Å²) in [5, 5.41) is 6.25. The quantitative estimate of drug-likeness (QED) is 0.841. The fourth-order valence-corrected chi connectivity index (χ4v) is 2.08. The second kappa shape index (κ2) is 4.89. The van der Waals surface area contributed by atoms with Crippen LogP contribution in [0.4, 0.5) is 0 Å². The summed E-state index contributed by atoms with van der Waals surface area (Å²) < 4.78 is 0. The first-order chi connectivity index (χ1) is 8.06. The molecular formula is C16H21N. The molecule has 1 heteroatoms. The van der Waals surface area contributed by atoms with Crippen molar-refractivity contribution in [2.45, 2.75) is 32.7 Å². The summed E-state index contributed by atoms with van der Waals surface area (Å²) in [4.78, 5) is 0. The van der Waals surface area contributed by atoms with E-state index in [1.807, 2.05) is 0 Å². The van der Waals surface area contributed by atoms with Crippen molar-refractivity contribution in [1.82, 2.24) is 5.32 Å². The summed E-state index contributed by atoms with van der Waals surface area (Å²) in [5.41, 5.74) is 1.63. The van der Waals surface area contributed by atoms with E-state index in [-0.39, 0.29) is 5.54 Å². The zero-order valence-electron chi connectivity index (χ0n) is 11.0. The monoisotopic (exact) mass is 227 g/mol. The fraction of sp³-hybridized carbons (Fsp3) is 0.375. The predicted octanol–water partition coefficient (Wildman–Crippen LogP) is 3.77. The molecule has 2 aromatic carbocycles. The minimum atomic E-state index is 0.199. The first kappa shape index (κ1) is 12.1. The lowest BCUT2D eigenvalue weighted by molar-refractivity contribution is 0.430. The van der Waals surface area contributed by atoms with Crippen molar-refractivity contribution in [3.63, 3.8) is 0 Å². The molecule has 1 nitrogen and oxygen atoms in total. The standard InChI is InChI=1S/C16H21N/c1-16(2,3)17-12-11-14-9-6-8-13-7-4-5-10-15(13)14/h4-10,17H,11-12H2,1-3H3. The summed E-state index contributed by atoms with van der Waals surface area (Å²) in [6.07, 6.45) is 1.08. The Morgan fingerprint density at radius 3 is 2.41 bits per heavy atom. The molecule has 0 aliphatic heterocycles. The lowest BCUT2D eigenvalue weighted by Gasteiger charge is -2.20. The molecule has 90 valence electrons. The van der Waals surface area contributed by atoms with Crippen molar-refractivity contribution >= 4 is 10.8 Å². The zero-order valence-corrected chi connectivity index (χ0v) is 11.0. The van der Waals surface area contributed by atoms with Gasteiger partial charge in [0.05, 0.1) is 0 Å². The van der Waals surface area contributed by atoms with Gasteiger partial charge < -0.3 is 5.32 Å². The van der Waals surface area contributed by atoms with Gasteiger partial charge in [-0.15, -0.1) is 0 Å². The van der Waals surface area contributed by atoms with Crippen molar-refractivity contribution in [3.05, 3.63) is 48.0 Å². The summed E-state index contributed by atoms with van der Waals surface area (Å²) in [5.74, 6) is 0. The van der Waals surface area contributed by atoms with Crippen LogP contribution in [0.1, 0.15) is 26.3 Å². The van der Waals surface area contributed by atoms with Crippen LogP contribution in [-0.4, -0.2) is 12.1 Å². The van der Waals surface area contributed by atoms with Crippen LogP contribution in [0.3, 0.4) is 0 Å². The lowest BCUT2D eigenvalue weighted by Crippen LogP contribution is -2.37. The molecule has 0 aliphatic rings. The van der Waals surface area contributed by atoms with Gasteiger partial charge in [-0.25, -0.2) is 0 Å². The highest BCUT2D eigenvalue weighted by Gasteiger charge is 2.08. The molecule has 2 aromatic rings. The molecule has 0 bridgehead atoms. The number of benzene rings is 2. The zero-order chi connectivity index (χ0) is 12.3. The highest BCUT2D eigenvalue weighted by molar-refractivity contribution is 5.85. The van der Waals surface area contributed by atoms with Gasteiger partial charge in [-0.05, 0) is 50.1 Å². The van der Waals surface area contributed by atoms with Crippen molar-refractivity contribution in [1.29, 1.82) is 0 Å². The van der Waals surface area contributed by atoms with E-state index in [9.17, 15) is 0 Å². The minimum Gasteiger partial charge on any atom is -0.312 e. The van der Waals surface area contributed by atoms with Crippen LogP contribution in [0, 0.1) is 0 Å². The summed E-state index contributed by atoms with van der Waals surface area (Å²) >= 11 is 0. The fourth-order valence-electron chi connectivity index (χ4n) is 2.08. The van der Waals surface area contributed by atoms with Crippen LogP contribution in [0.2, 0.25) is 0 Å². The van der Waals surface area contributed by atoms with Gasteiger partial charge in [0.15, 0.2) is 0 Å². The van der Waals surface area contributed by atoms with Gasteiger partial charge in [-0.1, -0.05) is 42.5 Å². The van der Waals surface area contributed by atoms with E-state index in [4.69, 9.17) is 0 Å². The maximum absolute atomic E-state index is 3.54. The minimum absolute atomic E-state index is 0.199. The second-order valence-corrected chi connectivity index (χ2v) is 5.57. The third kappa shape index (κ3) is 3.31. The average molecular weight is 227 g/mol. The molecule has 0 atom stereocenters. The second-order valence-electron chi connectivity index (χ2n) is 5.57. The van der Waals surface area contributed by atoms with Crippen LogP contribution in [0.25, 0.3) is 10.8 Å². The number of rotatable bonds is 3. The smallest absolute Gasteiger partial charge is 0.00966 e. The van der Waals surface area contributed by atoms with Crippen molar-refractivity contribution < 1.29 is 0 Å². The van der Waals surface area contributed by atoms with E-state index >= 15 is 0 Å². The number of hydrogen-bond donors (Lipinski definition) is 1. The SMILES string of the molecule is CC(C)(C)NCCc1cccc2ccccc12. The normalized spacial score (nSPS) is 11.9. The van der Waals surface area contributed by atoms with Gasteiger partial charge in [0.2, 0.25) is 0 Å². The van der Waals surface area contributed by atoms with Gasteiger partial charge >= 0.3 is 0 Å². The molecule has 2 rings (SSSR count). The van der Waals surface area contributed by atoms with E-state index < -0.39 is 0 Å². The largest absolute Gasteiger partial charge is 0.312 e. The highest BCUT2D eigenvalue weighted by atomic mass is 14.9. The number of hydrogen-bond acceptors (Lipinski definition) is 1. The molecule has 0 fully saturated rings. The van der Waals surface area contributed by atoms with E-state index in [0.29, 0.717) is 0 Å². The summed E-state index contributed by atoms with van der Waals surface area (Å²) in [7, 11) is 0. The van der Waals surface area contributed by atoms with Crippen LogP contribution < -0.4 is 5.32 Å².